The fourth-order valence-electron chi connectivity index (χ4n) is 2.50. The molecule has 21 heavy (non-hydrogen) atoms. The predicted molar refractivity (Wildman–Crippen MR) is 83.2 cm³/mol. The van der Waals surface area contributed by atoms with E-state index in [-0.39, 0.29) is 0 Å². The Hall–Kier alpha value is -2.16. The Morgan fingerprint density at radius 3 is 2.67 bits per heavy atom. The number of rotatable bonds is 5. The first-order chi connectivity index (χ1) is 10.3. The molecule has 0 fully saturated rings. The molecule has 2 aromatic carbocycles. The molecule has 1 aliphatic heterocycles. The molecule has 3 heteroatoms. The van der Waals surface area contributed by atoms with Crippen LogP contribution in [0.4, 0.5) is 0 Å². The zero-order chi connectivity index (χ0) is 14.7. The summed E-state index contributed by atoms with van der Waals surface area (Å²) in [6, 6.07) is 12.2. The van der Waals surface area contributed by atoms with Gasteiger partial charge in [0.05, 0.1) is 13.7 Å². The van der Waals surface area contributed by atoms with Gasteiger partial charge in [0.1, 0.15) is 23.9 Å². The van der Waals surface area contributed by atoms with E-state index in [1.807, 2.05) is 24.3 Å². The molecule has 0 aromatic heterocycles. The van der Waals surface area contributed by atoms with Crippen molar-refractivity contribution in [2.45, 2.75) is 26.4 Å². The van der Waals surface area contributed by atoms with Crippen LogP contribution in [0.25, 0.3) is 11.1 Å². The Kier molecular flexibility index (Phi) is 4.00. The SMILES string of the molecule is CCCCOc1ccc2c(c1)COc1cc(OC)ccc1-2. The van der Waals surface area contributed by atoms with E-state index in [1.165, 1.54) is 11.1 Å². The molecule has 2 aromatic rings. The smallest absolute Gasteiger partial charge is 0.131 e. The van der Waals surface area contributed by atoms with Crippen LogP contribution in [0.1, 0.15) is 25.3 Å². The summed E-state index contributed by atoms with van der Waals surface area (Å²) in [5.41, 5.74) is 3.49. The monoisotopic (exact) mass is 284 g/mol. The van der Waals surface area contributed by atoms with Crippen molar-refractivity contribution in [2.75, 3.05) is 13.7 Å². The highest BCUT2D eigenvalue weighted by Crippen LogP contribution is 2.40. The predicted octanol–water partition coefficient (Wildman–Crippen LogP) is 4.43. The highest BCUT2D eigenvalue weighted by molar-refractivity contribution is 5.76. The van der Waals surface area contributed by atoms with Crippen molar-refractivity contribution in [2.24, 2.45) is 0 Å². The number of methoxy groups -OCH3 is 1. The van der Waals surface area contributed by atoms with Crippen LogP contribution in [0.2, 0.25) is 0 Å². The first kappa shape index (κ1) is 13.8. The van der Waals surface area contributed by atoms with E-state index < -0.39 is 0 Å². The van der Waals surface area contributed by atoms with E-state index in [1.54, 1.807) is 7.11 Å². The van der Waals surface area contributed by atoms with Crippen molar-refractivity contribution in [3.8, 4) is 28.4 Å². The van der Waals surface area contributed by atoms with Crippen LogP contribution < -0.4 is 14.2 Å². The van der Waals surface area contributed by atoms with Crippen LogP contribution in [0.15, 0.2) is 36.4 Å². The molecule has 0 atom stereocenters. The molecule has 0 unspecified atom stereocenters. The lowest BCUT2D eigenvalue weighted by molar-refractivity contribution is 0.293. The Labute approximate surface area is 125 Å². The molecule has 1 heterocycles. The minimum atomic E-state index is 0.570. The van der Waals surface area contributed by atoms with E-state index in [2.05, 4.69) is 19.1 Å². The zero-order valence-corrected chi connectivity index (χ0v) is 12.5. The average molecular weight is 284 g/mol. The number of hydrogen-bond acceptors (Lipinski definition) is 3. The van der Waals surface area contributed by atoms with Gasteiger partial charge in [-0.15, -0.1) is 0 Å². The van der Waals surface area contributed by atoms with Crippen LogP contribution in [0, 0.1) is 0 Å². The summed E-state index contributed by atoms with van der Waals surface area (Å²) in [7, 11) is 1.67. The van der Waals surface area contributed by atoms with Gasteiger partial charge in [0.2, 0.25) is 0 Å². The minimum absolute atomic E-state index is 0.570. The van der Waals surface area contributed by atoms with E-state index in [0.29, 0.717) is 6.61 Å². The van der Waals surface area contributed by atoms with Crippen molar-refractivity contribution >= 4 is 0 Å². The number of unbranched alkanes of at least 4 members (excludes halogenated alkanes) is 1. The third-order valence-electron chi connectivity index (χ3n) is 3.71. The largest absolute Gasteiger partial charge is 0.497 e. The van der Waals surface area contributed by atoms with Crippen molar-refractivity contribution in [1.82, 2.24) is 0 Å². The van der Waals surface area contributed by atoms with Crippen molar-refractivity contribution < 1.29 is 14.2 Å². The summed E-state index contributed by atoms with van der Waals surface area (Å²) >= 11 is 0. The standard InChI is InChI=1S/C18H20O3/c1-3-4-9-20-15-6-7-16-13(10-15)12-21-18-11-14(19-2)5-8-17(16)18/h5-8,10-11H,3-4,9,12H2,1-2H3. The Morgan fingerprint density at radius 1 is 1.05 bits per heavy atom. The molecule has 3 nitrogen and oxygen atoms in total. The maximum atomic E-state index is 5.84. The molecule has 0 bridgehead atoms. The van der Waals surface area contributed by atoms with Gasteiger partial charge in [0.25, 0.3) is 0 Å². The van der Waals surface area contributed by atoms with E-state index >= 15 is 0 Å². The van der Waals surface area contributed by atoms with Crippen molar-refractivity contribution in [3.05, 3.63) is 42.0 Å². The van der Waals surface area contributed by atoms with Gasteiger partial charge < -0.3 is 14.2 Å². The van der Waals surface area contributed by atoms with Gasteiger partial charge in [-0.05, 0) is 36.2 Å². The van der Waals surface area contributed by atoms with Gasteiger partial charge in [0.15, 0.2) is 0 Å². The Morgan fingerprint density at radius 2 is 1.86 bits per heavy atom. The normalized spacial score (nSPS) is 12.1. The van der Waals surface area contributed by atoms with Crippen LogP contribution in [0.3, 0.4) is 0 Å². The molecular formula is C18H20O3. The molecule has 0 radical (unpaired) electrons. The van der Waals surface area contributed by atoms with Crippen LogP contribution in [-0.4, -0.2) is 13.7 Å². The van der Waals surface area contributed by atoms with Gasteiger partial charge in [-0.3, -0.25) is 0 Å². The molecule has 0 saturated heterocycles. The topological polar surface area (TPSA) is 27.7 Å². The molecular weight excluding hydrogens is 264 g/mol. The number of ether oxygens (including phenoxy) is 3. The second-order valence-electron chi connectivity index (χ2n) is 5.17. The molecule has 0 saturated carbocycles. The summed E-state index contributed by atoms with van der Waals surface area (Å²) < 4.78 is 16.8. The highest BCUT2D eigenvalue weighted by Gasteiger charge is 2.18. The summed E-state index contributed by atoms with van der Waals surface area (Å²) in [5.74, 6) is 2.61. The van der Waals surface area contributed by atoms with Gasteiger partial charge in [0, 0.05) is 17.2 Å². The fourth-order valence-corrected chi connectivity index (χ4v) is 2.50. The lowest BCUT2D eigenvalue weighted by Crippen LogP contribution is -2.06. The third kappa shape index (κ3) is 2.82. The van der Waals surface area contributed by atoms with Gasteiger partial charge in [-0.2, -0.15) is 0 Å². The zero-order valence-electron chi connectivity index (χ0n) is 12.5. The van der Waals surface area contributed by atoms with E-state index in [9.17, 15) is 0 Å². The molecule has 1 aliphatic rings. The molecule has 0 aliphatic carbocycles. The second-order valence-corrected chi connectivity index (χ2v) is 5.17. The third-order valence-corrected chi connectivity index (χ3v) is 3.71. The maximum absolute atomic E-state index is 5.84. The van der Waals surface area contributed by atoms with Crippen LogP contribution in [-0.2, 0) is 6.61 Å². The maximum Gasteiger partial charge on any atom is 0.131 e. The Balaban J connectivity index is 1.87. The summed E-state index contributed by atoms with van der Waals surface area (Å²) in [5, 5.41) is 0. The molecule has 0 N–H and O–H groups in total. The Bertz CT molecular complexity index is 634. The molecule has 0 spiro atoms. The fraction of sp³-hybridized carbons (Fsp3) is 0.333. The quantitative estimate of drug-likeness (QED) is 0.760. The minimum Gasteiger partial charge on any atom is -0.497 e. The number of fused-ring (bicyclic) bond motifs is 3. The molecule has 110 valence electrons. The summed E-state index contributed by atoms with van der Waals surface area (Å²) in [4.78, 5) is 0. The second kappa shape index (κ2) is 6.08. The van der Waals surface area contributed by atoms with E-state index in [4.69, 9.17) is 14.2 Å². The number of hydrogen-bond donors (Lipinski definition) is 0. The first-order valence-electron chi connectivity index (χ1n) is 7.38. The molecule has 0 amide bonds. The lowest BCUT2D eigenvalue weighted by atomic mass is 9.96. The molecule has 3 rings (SSSR count). The number of benzene rings is 2. The van der Waals surface area contributed by atoms with E-state index in [0.717, 1.165) is 42.3 Å². The summed E-state index contributed by atoms with van der Waals surface area (Å²) in [6.45, 7) is 3.50. The van der Waals surface area contributed by atoms with Gasteiger partial charge in [-0.25, -0.2) is 0 Å². The van der Waals surface area contributed by atoms with Crippen LogP contribution in [0.5, 0.6) is 17.2 Å². The van der Waals surface area contributed by atoms with Crippen molar-refractivity contribution in [3.63, 3.8) is 0 Å². The van der Waals surface area contributed by atoms with Gasteiger partial charge >= 0.3 is 0 Å². The first-order valence-corrected chi connectivity index (χ1v) is 7.38. The highest BCUT2D eigenvalue weighted by atomic mass is 16.5. The van der Waals surface area contributed by atoms with Gasteiger partial charge in [-0.1, -0.05) is 19.4 Å². The van der Waals surface area contributed by atoms with Crippen LogP contribution >= 0.6 is 0 Å². The lowest BCUT2D eigenvalue weighted by Gasteiger charge is -2.22. The summed E-state index contributed by atoms with van der Waals surface area (Å²) in [6.07, 6.45) is 2.22. The average Bonchev–Trinajstić information content (AvgIpc) is 2.54. The van der Waals surface area contributed by atoms with Crippen molar-refractivity contribution in [1.29, 1.82) is 0 Å².